The van der Waals surface area contributed by atoms with Crippen LogP contribution in [0.1, 0.15) is 16.8 Å². The van der Waals surface area contributed by atoms with Crippen molar-refractivity contribution in [2.45, 2.75) is 6.42 Å². The number of hydrogen-bond donors (Lipinski definition) is 1. The number of ether oxygens (including phenoxy) is 1. The average molecular weight is 419 g/mol. The molecule has 4 rings (SSSR count). The van der Waals surface area contributed by atoms with Gasteiger partial charge < -0.3 is 19.5 Å². The number of piperazine rings is 1. The highest BCUT2D eigenvalue weighted by atomic mass is 16.5. The van der Waals surface area contributed by atoms with Gasteiger partial charge in [-0.15, -0.1) is 0 Å². The molecule has 0 saturated carbocycles. The second-order valence-corrected chi connectivity index (χ2v) is 7.77. The van der Waals surface area contributed by atoms with Gasteiger partial charge in [-0.05, 0) is 73.6 Å². The topological polar surface area (TPSA) is 49.7 Å². The molecule has 1 fully saturated rings. The van der Waals surface area contributed by atoms with Crippen molar-refractivity contribution < 1.29 is 9.53 Å². The minimum absolute atomic E-state index is 0.0108. The molecule has 1 N–H and O–H groups in total. The summed E-state index contributed by atoms with van der Waals surface area (Å²) in [7, 11) is 1.69. The highest BCUT2D eigenvalue weighted by Gasteiger charge is 2.17. The summed E-state index contributed by atoms with van der Waals surface area (Å²) in [4.78, 5) is 17.3. The Labute approximate surface area is 184 Å². The monoisotopic (exact) mass is 418 g/mol. The summed E-state index contributed by atoms with van der Waals surface area (Å²) < 4.78 is 7.26. The predicted molar refractivity (Wildman–Crippen MR) is 124 cm³/mol. The number of anilines is 1. The molecular formula is C25H30N4O2. The van der Waals surface area contributed by atoms with Crippen molar-refractivity contribution in [1.29, 1.82) is 0 Å². The van der Waals surface area contributed by atoms with Crippen LogP contribution in [0.15, 0.2) is 73.1 Å². The molecule has 31 heavy (non-hydrogen) atoms. The molecule has 3 aromatic rings. The van der Waals surface area contributed by atoms with Gasteiger partial charge in [-0.1, -0.05) is 0 Å². The number of rotatable bonds is 8. The number of amides is 1. The van der Waals surface area contributed by atoms with E-state index < -0.39 is 0 Å². The summed E-state index contributed by atoms with van der Waals surface area (Å²) in [6.45, 7) is 5.82. The van der Waals surface area contributed by atoms with Gasteiger partial charge in [0, 0.05) is 62.1 Å². The lowest BCUT2D eigenvalue weighted by molar-refractivity contribution is 0.0951. The Hall–Kier alpha value is -3.25. The van der Waals surface area contributed by atoms with Crippen LogP contribution in [0, 0.1) is 0 Å². The van der Waals surface area contributed by atoms with E-state index in [0.717, 1.165) is 50.6 Å². The van der Waals surface area contributed by atoms with Crippen LogP contribution in [0.4, 0.5) is 5.69 Å². The van der Waals surface area contributed by atoms with E-state index in [1.807, 2.05) is 65.5 Å². The lowest BCUT2D eigenvalue weighted by Gasteiger charge is -2.36. The molecule has 2 heterocycles. The van der Waals surface area contributed by atoms with Crippen LogP contribution in [0.2, 0.25) is 0 Å². The largest absolute Gasteiger partial charge is 0.497 e. The van der Waals surface area contributed by atoms with E-state index in [2.05, 4.69) is 27.2 Å². The van der Waals surface area contributed by atoms with Crippen LogP contribution in [0.25, 0.3) is 5.69 Å². The van der Waals surface area contributed by atoms with Gasteiger partial charge in [-0.25, -0.2) is 0 Å². The van der Waals surface area contributed by atoms with Crippen molar-refractivity contribution in [3.05, 3.63) is 78.6 Å². The van der Waals surface area contributed by atoms with E-state index >= 15 is 0 Å². The lowest BCUT2D eigenvalue weighted by atomic mass is 10.2. The van der Waals surface area contributed by atoms with Gasteiger partial charge in [0.25, 0.3) is 5.91 Å². The molecule has 0 unspecified atom stereocenters. The van der Waals surface area contributed by atoms with Gasteiger partial charge in [-0.3, -0.25) is 9.69 Å². The van der Waals surface area contributed by atoms with Crippen LogP contribution in [0.3, 0.4) is 0 Å². The Morgan fingerprint density at radius 1 is 0.903 bits per heavy atom. The van der Waals surface area contributed by atoms with Crippen molar-refractivity contribution >= 4 is 11.6 Å². The SMILES string of the molecule is COc1ccc(N2CCN(CCCNC(=O)c3ccc(-n4cccc4)cc3)CC2)cc1. The number of hydrogen-bond acceptors (Lipinski definition) is 4. The predicted octanol–water partition coefficient (Wildman–Crippen LogP) is 3.43. The first-order valence-corrected chi connectivity index (χ1v) is 10.9. The highest BCUT2D eigenvalue weighted by Crippen LogP contribution is 2.20. The zero-order valence-electron chi connectivity index (χ0n) is 18.0. The number of aromatic nitrogens is 1. The van der Waals surface area contributed by atoms with Crippen LogP contribution >= 0.6 is 0 Å². The number of benzene rings is 2. The summed E-state index contributed by atoms with van der Waals surface area (Å²) in [6, 6.07) is 19.9. The molecule has 1 amide bonds. The third kappa shape index (κ3) is 5.47. The van der Waals surface area contributed by atoms with Crippen molar-refractivity contribution in [3.8, 4) is 11.4 Å². The molecule has 0 aliphatic carbocycles. The summed E-state index contributed by atoms with van der Waals surface area (Å²) >= 11 is 0. The summed E-state index contributed by atoms with van der Waals surface area (Å²) in [5.41, 5.74) is 3.00. The Morgan fingerprint density at radius 3 is 2.19 bits per heavy atom. The zero-order valence-corrected chi connectivity index (χ0v) is 18.0. The number of carbonyl (C=O) groups excluding carboxylic acids is 1. The molecule has 162 valence electrons. The minimum atomic E-state index is -0.0108. The summed E-state index contributed by atoms with van der Waals surface area (Å²) in [6.07, 6.45) is 4.94. The third-order valence-electron chi connectivity index (χ3n) is 5.78. The first kappa shape index (κ1) is 21.0. The van der Waals surface area contributed by atoms with Gasteiger partial charge in [0.1, 0.15) is 5.75 Å². The van der Waals surface area contributed by atoms with Crippen molar-refractivity contribution in [1.82, 2.24) is 14.8 Å². The molecule has 1 aliphatic rings. The van der Waals surface area contributed by atoms with Gasteiger partial charge in [0.15, 0.2) is 0 Å². The maximum atomic E-state index is 12.4. The first-order valence-electron chi connectivity index (χ1n) is 10.9. The van der Waals surface area contributed by atoms with Gasteiger partial charge in [0.2, 0.25) is 0 Å². The maximum Gasteiger partial charge on any atom is 0.251 e. The molecule has 6 nitrogen and oxygen atoms in total. The van der Waals surface area contributed by atoms with Crippen LogP contribution in [-0.2, 0) is 0 Å². The quantitative estimate of drug-likeness (QED) is 0.570. The fraction of sp³-hybridized carbons (Fsp3) is 0.320. The second kappa shape index (κ2) is 10.2. The van der Waals surface area contributed by atoms with E-state index in [0.29, 0.717) is 12.1 Å². The van der Waals surface area contributed by atoms with Crippen LogP contribution in [-0.4, -0.2) is 61.8 Å². The minimum Gasteiger partial charge on any atom is -0.497 e. The summed E-state index contributed by atoms with van der Waals surface area (Å²) in [5.74, 6) is 0.879. The van der Waals surface area contributed by atoms with Crippen molar-refractivity contribution in [2.24, 2.45) is 0 Å². The van der Waals surface area contributed by atoms with E-state index in [-0.39, 0.29) is 5.91 Å². The molecule has 6 heteroatoms. The van der Waals surface area contributed by atoms with Gasteiger partial charge in [0.05, 0.1) is 7.11 Å². The Bertz CT molecular complexity index is 944. The number of methoxy groups -OCH3 is 1. The molecule has 1 aliphatic heterocycles. The highest BCUT2D eigenvalue weighted by molar-refractivity contribution is 5.94. The first-order chi connectivity index (χ1) is 15.2. The molecular weight excluding hydrogens is 388 g/mol. The maximum absolute atomic E-state index is 12.4. The van der Waals surface area contributed by atoms with Crippen LogP contribution < -0.4 is 15.0 Å². The normalized spacial score (nSPS) is 14.4. The number of nitrogens with zero attached hydrogens (tertiary/aromatic N) is 3. The fourth-order valence-electron chi connectivity index (χ4n) is 3.92. The zero-order chi connectivity index (χ0) is 21.5. The van der Waals surface area contributed by atoms with Gasteiger partial charge >= 0.3 is 0 Å². The number of nitrogens with one attached hydrogen (secondary N) is 1. The third-order valence-corrected chi connectivity index (χ3v) is 5.78. The molecule has 1 aromatic heterocycles. The molecule has 0 bridgehead atoms. The lowest BCUT2D eigenvalue weighted by Crippen LogP contribution is -2.47. The van der Waals surface area contributed by atoms with Crippen molar-refractivity contribution in [2.75, 3.05) is 51.3 Å². The van der Waals surface area contributed by atoms with Crippen molar-refractivity contribution in [3.63, 3.8) is 0 Å². The molecule has 2 aromatic carbocycles. The Morgan fingerprint density at radius 2 is 1.55 bits per heavy atom. The second-order valence-electron chi connectivity index (χ2n) is 7.77. The Balaban J connectivity index is 1.15. The standard InChI is InChI=1S/C25H30N4O2/c1-31-24-11-9-23(10-12-24)29-19-17-27(18-20-29)14-4-13-26-25(30)21-5-7-22(8-6-21)28-15-2-3-16-28/h2-3,5-12,15-16H,4,13-14,17-20H2,1H3,(H,26,30). The smallest absolute Gasteiger partial charge is 0.251 e. The van der Waals surface area contributed by atoms with Gasteiger partial charge in [-0.2, -0.15) is 0 Å². The van der Waals surface area contributed by atoms with E-state index in [1.54, 1.807) is 7.11 Å². The molecule has 0 radical (unpaired) electrons. The molecule has 0 spiro atoms. The average Bonchev–Trinajstić information content (AvgIpc) is 3.37. The molecule has 1 saturated heterocycles. The van der Waals surface area contributed by atoms with E-state index in [1.165, 1.54) is 5.69 Å². The van der Waals surface area contributed by atoms with E-state index in [4.69, 9.17) is 4.74 Å². The van der Waals surface area contributed by atoms with E-state index in [9.17, 15) is 4.79 Å². The fourth-order valence-corrected chi connectivity index (χ4v) is 3.92. The molecule has 0 atom stereocenters. The van der Waals surface area contributed by atoms with Crippen LogP contribution in [0.5, 0.6) is 5.75 Å². The number of carbonyl (C=O) groups is 1. The summed E-state index contributed by atoms with van der Waals surface area (Å²) in [5, 5.41) is 3.04. The Kier molecular flexibility index (Phi) is 6.89.